The summed E-state index contributed by atoms with van der Waals surface area (Å²) in [7, 11) is 0. The van der Waals surface area contributed by atoms with Gasteiger partial charge < -0.3 is 9.88 Å². The molecule has 3 rings (SSSR count). The lowest BCUT2D eigenvalue weighted by Crippen LogP contribution is -2.18. The summed E-state index contributed by atoms with van der Waals surface area (Å²) >= 11 is 0. The van der Waals surface area contributed by atoms with Crippen LogP contribution in [0, 0.1) is 5.92 Å². The summed E-state index contributed by atoms with van der Waals surface area (Å²) in [6.45, 7) is 6.48. The zero-order valence-corrected chi connectivity index (χ0v) is 13.1. The number of imidazole rings is 1. The monoisotopic (exact) mass is 283 g/mol. The number of benzene rings is 1. The Bertz CT molecular complexity index is 581. The van der Waals surface area contributed by atoms with Crippen LogP contribution >= 0.6 is 0 Å². The molecule has 1 aliphatic carbocycles. The second kappa shape index (κ2) is 6.44. The fourth-order valence-corrected chi connectivity index (χ4v) is 2.97. The summed E-state index contributed by atoms with van der Waals surface area (Å²) in [6.07, 6.45) is 6.86. The van der Waals surface area contributed by atoms with Gasteiger partial charge in [0.05, 0.1) is 12.0 Å². The molecule has 0 bridgehead atoms. The molecule has 21 heavy (non-hydrogen) atoms. The fourth-order valence-electron chi connectivity index (χ4n) is 2.97. The van der Waals surface area contributed by atoms with Gasteiger partial charge in [-0.05, 0) is 55.8 Å². The highest BCUT2D eigenvalue weighted by molar-refractivity contribution is 5.38. The molecule has 1 aromatic heterocycles. The van der Waals surface area contributed by atoms with E-state index in [1.165, 1.54) is 35.5 Å². The number of hydrogen-bond acceptors (Lipinski definition) is 2. The molecule has 0 atom stereocenters. The van der Waals surface area contributed by atoms with E-state index in [4.69, 9.17) is 0 Å². The third-order valence-electron chi connectivity index (χ3n) is 4.13. The Labute approximate surface area is 127 Å². The van der Waals surface area contributed by atoms with Gasteiger partial charge in [0, 0.05) is 17.9 Å². The van der Waals surface area contributed by atoms with Crippen LogP contribution in [0.3, 0.4) is 0 Å². The van der Waals surface area contributed by atoms with Gasteiger partial charge in [0.25, 0.3) is 0 Å². The predicted octanol–water partition coefficient (Wildman–Crippen LogP) is 3.50. The number of nitrogens with one attached hydrogen (secondary N) is 1. The lowest BCUT2D eigenvalue weighted by atomic mass is 10.0. The molecular formula is C18H25N3. The van der Waals surface area contributed by atoms with E-state index >= 15 is 0 Å². The van der Waals surface area contributed by atoms with Gasteiger partial charge in [-0.1, -0.05) is 26.0 Å². The third-order valence-corrected chi connectivity index (χ3v) is 4.13. The van der Waals surface area contributed by atoms with Crippen molar-refractivity contribution in [1.29, 1.82) is 0 Å². The zero-order valence-electron chi connectivity index (χ0n) is 13.1. The van der Waals surface area contributed by atoms with Crippen LogP contribution in [0.2, 0.25) is 0 Å². The normalized spacial score (nSPS) is 14.4. The molecule has 3 nitrogen and oxygen atoms in total. The summed E-state index contributed by atoms with van der Waals surface area (Å²) in [5, 5.41) is 3.49. The lowest BCUT2D eigenvalue weighted by molar-refractivity contribution is 0.552. The van der Waals surface area contributed by atoms with E-state index in [9.17, 15) is 0 Å². The second-order valence-electron chi connectivity index (χ2n) is 6.41. The number of aromatic nitrogens is 2. The average Bonchev–Trinajstić information content (AvgIpc) is 2.92. The smallest absolute Gasteiger partial charge is 0.0997 e. The predicted molar refractivity (Wildman–Crippen MR) is 86.8 cm³/mol. The molecule has 1 N–H and O–H groups in total. The number of aryl methyl sites for hydroxylation is 1. The van der Waals surface area contributed by atoms with Gasteiger partial charge in [-0.25, -0.2) is 4.98 Å². The minimum atomic E-state index is 0.696. The standard InChI is InChI=1S/C18H25N3/c1-14(2)11-19-12-15-7-9-16(10-8-15)21-13-20-17-5-3-4-6-18(17)21/h7-10,13-14,19H,3-6,11-12H2,1-2H3. The maximum atomic E-state index is 4.58. The van der Waals surface area contributed by atoms with E-state index in [2.05, 4.69) is 53.0 Å². The van der Waals surface area contributed by atoms with Gasteiger partial charge in [0.2, 0.25) is 0 Å². The van der Waals surface area contributed by atoms with Gasteiger partial charge in [-0.2, -0.15) is 0 Å². The molecule has 0 saturated carbocycles. The Morgan fingerprint density at radius 1 is 1.14 bits per heavy atom. The highest BCUT2D eigenvalue weighted by Gasteiger charge is 2.15. The maximum Gasteiger partial charge on any atom is 0.0997 e. The molecule has 0 fully saturated rings. The summed E-state index contributed by atoms with van der Waals surface area (Å²) in [4.78, 5) is 4.58. The molecule has 0 unspecified atom stereocenters. The van der Waals surface area contributed by atoms with Gasteiger partial charge in [0.1, 0.15) is 0 Å². The van der Waals surface area contributed by atoms with Gasteiger partial charge in [-0.15, -0.1) is 0 Å². The topological polar surface area (TPSA) is 29.9 Å². The van der Waals surface area contributed by atoms with Gasteiger partial charge in [-0.3, -0.25) is 0 Å². The maximum absolute atomic E-state index is 4.58. The molecule has 112 valence electrons. The van der Waals surface area contributed by atoms with Crippen LogP contribution in [0.25, 0.3) is 5.69 Å². The van der Waals surface area contributed by atoms with Crippen LogP contribution in [-0.4, -0.2) is 16.1 Å². The fraction of sp³-hybridized carbons (Fsp3) is 0.500. The van der Waals surface area contributed by atoms with E-state index in [0.717, 1.165) is 25.9 Å². The molecule has 0 aliphatic heterocycles. The molecule has 1 aromatic carbocycles. The minimum Gasteiger partial charge on any atom is -0.312 e. The highest BCUT2D eigenvalue weighted by Crippen LogP contribution is 2.23. The van der Waals surface area contributed by atoms with Crippen molar-refractivity contribution in [2.45, 2.75) is 46.1 Å². The Morgan fingerprint density at radius 2 is 1.90 bits per heavy atom. The van der Waals surface area contributed by atoms with Crippen molar-refractivity contribution >= 4 is 0 Å². The molecule has 0 saturated heterocycles. The Hall–Kier alpha value is -1.61. The van der Waals surface area contributed by atoms with Crippen LogP contribution in [0.15, 0.2) is 30.6 Å². The molecule has 3 heteroatoms. The Balaban J connectivity index is 1.71. The van der Waals surface area contributed by atoms with E-state index in [-0.39, 0.29) is 0 Å². The highest BCUT2D eigenvalue weighted by atomic mass is 15.1. The van der Waals surface area contributed by atoms with Gasteiger partial charge >= 0.3 is 0 Å². The Morgan fingerprint density at radius 3 is 2.67 bits per heavy atom. The van der Waals surface area contributed by atoms with Crippen molar-refractivity contribution in [3.8, 4) is 5.69 Å². The molecule has 0 spiro atoms. The van der Waals surface area contributed by atoms with Crippen molar-refractivity contribution in [3.63, 3.8) is 0 Å². The van der Waals surface area contributed by atoms with Crippen molar-refractivity contribution in [1.82, 2.24) is 14.9 Å². The summed E-state index contributed by atoms with van der Waals surface area (Å²) in [5.41, 5.74) is 5.28. The number of fused-ring (bicyclic) bond motifs is 1. The Kier molecular flexibility index (Phi) is 4.39. The first-order valence-electron chi connectivity index (χ1n) is 8.09. The first-order chi connectivity index (χ1) is 10.2. The number of hydrogen-bond donors (Lipinski definition) is 1. The van der Waals surface area contributed by atoms with Gasteiger partial charge in [0.15, 0.2) is 0 Å². The summed E-state index contributed by atoms with van der Waals surface area (Å²) in [5.74, 6) is 0.696. The average molecular weight is 283 g/mol. The SMILES string of the molecule is CC(C)CNCc1ccc(-n2cnc3c2CCCC3)cc1. The van der Waals surface area contributed by atoms with E-state index in [1.807, 2.05) is 6.33 Å². The number of rotatable bonds is 5. The first kappa shape index (κ1) is 14.3. The van der Waals surface area contributed by atoms with E-state index in [0.29, 0.717) is 5.92 Å². The molecule has 0 amide bonds. The first-order valence-corrected chi connectivity index (χ1v) is 8.09. The third kappa shape index (κ3) is 3.35. The van der Waals surface area contributed by atoms with Crippen molar-refractivity contribution in [2.24, 2.45) is 5.92 Å². The van der Waals surface area contributed by atoms with E-state index < -0.39 is 0 Å². The van der Waals surface area contributed by atoms with E-state index in [1.54, 1.807) is 0 Å². The van der Waals surface area contributed by atoms with Crippen LogP contribution in [-0.2, 0) is 19.4 Å². The molecule has 1 aliphatic rings. The lowest BCUT2D eigenvalue weighted by Gasteiger charge is -2.14. The quantitative estimate of drug-likeness (QED) is 0.910. The second-order valence-corrected chi connectivity index (χ2v) is 6.41. The molecule has 2 aromatic rings. The molecular weight excluding hydrogens is 258 g/mol. The summed E-state index contributed by atoms with van der Waals surface area (Å²) < 4.78 is 2.26. The molecule has 0 radical (unpaired) electrons. The largest absolute Gasteiger partial charge is 0.312 e. The van der Waals surface area contributed by atoms with Crippen molar-refractivity contribution in [2.75, 3.05) is 6.54 Å². The van der Waals surface area contributed by atoms with Crippen LogP contribution in [0.4, 0.5) is 0 Å². The minimum absolute atomic E-state index is 0.696. The summed E-state index contributed by atoms with van der Waals surface area (Å²) in [6, 6.07) is 8.86. The van der Waals surface area contributed by atoms with Crippen LogP contribution < -0.4 is 5.32 Å². The van der Waals surface area contributed by atoms with Crippen LogP contribution in [0.5, 0.6) is 0 Å². The van der Waals surface area contributed by atoms with Crippen molar-refractivity contribution in [3.05, 3.63) is 47.5 Å². The zero-order chi connectivity index (χ0) is 14.7. The molecule has 1 heterocycles. The number of nitrogens with zero attached hydrogens (tertiary/aromatic N) is 2. The van der Waals surface area contributed by atoms with Crippen molar-refractivity contribution < 1.29 is 0 Å². The van der Waals surface area contributed by atoms with Crippen LogP contribution in [0.1, 0.15) is 43.6 Å².